The Kier molecular flexibility index (Phi) is 5.32. The van der Waals surface area contributed by atoms with Crippen LogP contribution in [0.15, 0.2) is 6.20 Å². The zero-order valence-electron chi connectivity index (χ0n) is 9.55. The van der Waals surface area contributed by atoms with Crippen molar-refractivity contribution in [1.82, 2.24) is 4.98 Å². The van der Waals surface area contributed by atoms with Crippen molar-refractivity contribution in [2.45, 2.75) is 19.5 Å². The molecule has 1 rings (SSSR count). The van der Waals surface area contributed by atoms with Crippen molar-refractivity contribution in [3.05, 3.63) is 21.0 Å². The number of hydrogen-bond donors (Lipinski definition) is 0. The van der Waals surface area contributed by atoms with Crippen LogP contribution in [-0.4, -0.2) is 24.4 Å². The summed E-state index contributed by atoms with van der Waals surface area (Å²) >= 11 is 1.58. The van der Waals surface area contributed by atoms with Gasteiger partial charge in [0.1, 0.15) is 16.1 Å². The number of esters is 1. The van der Waals surface area contributed by atoms with Gasteiger partial charge in [0.25, 0.3) is 0 Å². The van der Waals surface area contributed by atoms with Crippen LogP contribution in [0.2, 0.25) is 0 Å². The van der Waals surface area contributed by atoms with Crippen LogP contribution in [0.5, 0.6) is 5.75 Å². The summed E-state index contributed by atoms with van der Waals surface area (Å²) in [5.41, 5.74) is -0.531. The standard InChI is InChI=1S/C10H8F4INO3/c1-18-7(17)2-5-4-16-9(15)6(3-11)8(5)19-10(12,13)14/h4H,2-3H2,1H3. The highest BCUT2D eigenvalue weighted by atomic mass is 127. The van der Waals surface area contributed by atoms with Crippen LogP contribution in [-0.2, 0) is 22.6 Å². The average Bonchev–Trinajstić information content (AvgIpc) is 2.31. The van der Waals surface area contributed by atoms with Gasteiger partial charge in [0, 0.05) is 11.8 Å². The van der Waals surface area contributed by atoms with Gasteiger partial charge < -0.3 is 9.47 Å². The molecule has 0 aromatic carbocycles. The number of carbonyl (C=O) groups is 1. The van der Waals surface area contributed by atoms with Crippen LogP contribution < -0.4 is 4.74 Å². The van der Waals surface area contributed by atoms with E-state index >= 15 is 0 Å². The molecule has 0 bridgehead atoms. The molecule has 106 valence electrons. The Balaban J connectivity index is 3.25. The third-order valence-corrected chi connectivity index (χ3v) is 2.99. The first-order valence-electron chi connectivity index (χ1n) is 4.83. The van der Waals surface area contributed by atoms with E-state index in [4.69, 9.17) is 0 Å². The van der Waals surface area contributed by atoms with Gasteiger partial charge in [-0.15, -0.1) is 13.2 Å². The summed E-state index contributed by atoms with van der Waals surface area (Å²) in [5.74, 6) is -1.51. The second-order valence-electron chi connectivity index (χ2n) is 3.32. The molecule has 0 N–H and O–H groups in total. The molecule has 1 aromatic rings. The van der Waals surface area contributed by atoms with Gasteiger partial charge >= 0.3 is 12.3 Å². The zero-order valence-corrected chi connectivity index (χ0v) is 11.7. The summed E-state index contributed by atoms with van der Waals surface area (Å²) in [4.78, 5) is 14.8. The lowest BCUT2D eigenvalue weighted by atomic mass is 10.1. The molecule has 1 heterocycles. The lowest BCUT2D eigenvalue weighted by Gasteiger charge is -2.16. The summed E-state index contributed by atoms with van der Waals surface area (Å²) in [7, 11) is 1.09. The number of aromatic nitrogens is 1. The van der Waals surface area contributed by atoms with Crippen LogP contribution in [0, 0.1) is 3.70 Å². The highest BCUT2D eigenvalue weighted by Crippen LogP contribution is 2.33. The second kappa shape index (κ2) is 6.35. The molecule has 4 nitrogen and oxygen atoms in total. The molecule has 0 saturated heterocycles. The van der Waals surface area contributed by atoms with E-state index in [9.17, 15) is 22.4 Å². The number of pyridine rings is 1. The largest absolute Gasteiger partial charge is 0.573 e. The SMILES string of the molecule is COC(=O)Cc1cnc(I)c(CF)c1OC(F)(F)F. The van der Waals surface area contributed by atoms with Crippen molar-refractivity contribution in [3.8, 4) is 5.75 Å². The van der Waals surface area contributed by atoms with E-state index in [-0.39, 0.29) is 14.8 Å². The first-order chi connectivity index (χ1) is 8.78. The number of ether oxygens (including phenoxy) is 2. The molecule has 0 fully saturated rings. The fraction of sp³-hybridized carbons (Fsp3) is 0.400. The van der Waals surface area contributed by atoms with Crippen molar-refractivity contribution in [3.63, 3.8) is 0 Å². The monoisotopic (exact) mass is 393 g/mol. The minimum Gasteiger partial charge on any atom is -0.469 e. The maximum Gasteiger partial charge on any atom is 0.573 e. The number of halogens is 5. The number of nitrogens with zero attached hydrogens (tertiary/aromatic N) is 1. The topological polar surface area (TPSA) is 48.4 Å². The smallest absolute Gasteiger partial charge is 0.469 e. The Bertz CT molecular complexity index is 479. The number of carbonyl (C=O) groups excluding carboxylic acids is 1. The zero-order chi connectivity index (χ0) is 14.6. The van der Waals surface area contributed by atoms with Gasteiger partial charge in [-0.05, 0) is 22.6 Å². The molecular formula is C10H8F4INO3. The summed E-state index contributed by atoms with van der Waals surface area (Å²) in [5, 5.41) is 0. The van der Waals surface area contributed by atoms with E-state index in [0.717, 1.165) is 13.3 Å². The second-order valence-corrected chi connectivity index (χ2v) is 4.34. The molecule has 0 aliphatic carbocycles. The van der Waals surface area contributed by atoms with E-state index in [1.807, 2.05) is 0 Å². The van der Waals surface area contributed by atoms with Crippen LogP contribution in [0.1, 0.15) is 11.1 Å². The van der Waals surface area contributed by atoms with E-state index in [1.54, 1.807) is 22.6 Å². The first-order valence-corrected chi connectivity index (χ1v) is 5.91. The third kappa shape index (κ3) is 4.48. The lowest BCUT2D eigenvalue weighted by Crippen LogP contribution is -2.20. The van der Waals surface area contributed by atoms with E-state index in [0.29, 0.717) is 0 Å². The normalized spacial score (nSPS) is 11.3. The van der Waals surface area contributed by atoms with Crippen molar-refractivity contribution in [2.75, 3.05) is 7.11 Å². The lowest BCUT2D eigenvalue weighted by molar-refractivity contribution is -0.275. The Morgan fingerprint density at radius 3 is 2.58 bits per heavy atom. The van der Waals surface area contributed by atoms with Crippen molar-refractivity contribution < 1.29 is 31.8 Å². The quantitative estimate of drug-likeness (QED) is 0.342. The number of hydrogen-bond acceptors (Lipinski definition) is 4. The summed E-state index contributed by atoms with van der Waals surface area (Å²) < 4.78 is 57.9. The molecule has 0 unspecified atom stereocenters. The Labute approximate surface area is 119 Å². The fourth-order valence-corrected chi connectivity index (χ4v) is 1.80. The van der Waals surface area contributed by atoms with Crippen LogP contribution in [0.25, 0.3) is 0 Å². The predicted octanol–water partition coefficient (Wildman–Crippen LogP) is 2.77. The molecule has 19 heavy (non-hydrogen) atoms. The van der Waals surface area contributed by atoms with Crippen LogP contribution in [0.4, 0.5) is 17.6 Å². The summed E-state index contributed by atoms with van der Waals surface area (Å²) in [6.07, 6.45) is -4.45. The molecule has 1 aromatic heterocycles. The molecule has 9 heteroatoms. The molecule has 0 amide bonds. The van der Waals surface area contributed by atoms with Crippen molar-refractivity contribution >= 4 is 28.6 Å². The highest BCUT2D eigenvalue weighted by molar-refractivity contribution is 14.1. The third-order valence-electron chi connectivity index (χ3n) is 2.06. The van der Waals surface area contributed by atoms with Crippen molar-refractivity contribution in [1.29, 1.82) is 0 Å². The first kappa shape index (κ1) is 15.9. The molecule has 0 aliphatic rings. The molecular weight excluding hydrogens is 385 g/mol. The maximum atomic E-state index is 12.8. The average molecular weight is 393 g/mol. The fourth-order valence-electron chi connectivity index (χ4n) is 1.27. The minimum absolute atomic E-state index is 0.0352. The van der Waals surface area contributed by atoms with Gasteiger partial charge in [0.15, 0.2) is 0 Å². The number of rotatable bonds is 4. The highest BCUT2D eigenvalue weighted by Gasteiger charge is 2.34. The molecule has 0 saturated carbocycles. The Morgan fingerprint density at radius 1 is 1.47 bits per heavy atom. The predicted molar refractivity (Wildman–Crippen MR) is 64.2 cm³/mol. The summed E-state index contributed by atoms with van der Waals surface area (Å²) in [6, 6.07) is 0. The minimum atomic E-state index is -4.99. The maximum absolute atomic E-state index is 12.8. The van der Waals surface area contributed by atoms with Crippen molar-refractivity contribution in [2.24, 2.45) is 0 Å². The number of methoxy groups -OCH3 is 1. The van der Waals surface area contributed by atoms with Crippen LogP contribution >= 0.6 is 22.6 Å². The molecule has 0 atom stereocenters. The molecule has 0 aliphatic heterocycles. The van der Waals surface area contributed by atoms with E-state index in [2.05, 4.69) is 14.5 Å². The van der Waals surface area contributed by atoms with Gasteiger partial charge in [0.2, 0.25) is 0 Å². The summed E-state index contributed by atoms with van der Waals surface area (Å²) in [6.45, 7) is -1.19. The van der Waals surface area contributed by atoms with Crippen LogP contribution in [0.3, 0.4) is 0 Å². The van der Waals surface area contributed by atoms with Gasteiger partial charge in [0.05, 0.1) is 19.1 Å². The van der Waals surface area contributed by atoms with E-state index in [1.165, 1.54) is 0 Å². The number of alkyl halides is 4. The van der Waals surface area contributed by atoms with Gasteiger partial charge in [-0.1, -0.05) is 0 Å². The van der Waals surface area contributed by atoms with Gasteiger partial charge in [-0.25, -0.2) is 9.37 Å². The van der Waals surface area contributed by atoms with Gasteiger partial charge in [-0.2, -0.15) is 0 Å². The Morgan fingerprint density at radius 2 is 2.11 bits per heavy atom. The van der Waals surface area contributed by atoms with Gasteiger partial charge in [-0.3, -0.25) is 4.79 Å². The molecule has 0 spiro atoms. The Hall–Kier alpha value is -1.13. The molecule has 0 radical (unpaired) electrons. The van der Waals surface area contributed by atoms with E-state index < -0.39 is 31.2 Å².